The molecule has 1 aliphatic carbocycles. The zero-order valence-corrected chi connectivity index (χ0v) is 18.2. The third-order valence-corrected chi connectivity index (χ3v) is 5.63. The molecule has 1 heterocycles. The number of carbonyl (C=O) groups excluding carboxylic acids is 2. The second kappa shape index (κ2) is 8.50. The molecule has 2 fully saturated rings. The molecule has 0 bridgehead atoms. The highest BCUT2D eigenvalue weighted by Crippen LogP contribution is 2.33. The number of hydrogen-bond acceptors (Lipinski definition) is 3. The van der Waals surface area contributed by atoms with E-state index in [4.69, 9.17) is 27.9 Å². The molecule has 5 nitrogen and oxygen atoms in total. The van der Waals surface area contributed by atoms with Gasteiger partial charge in [0.25, 0.3) is 0 Å². The van der Waals surface area contributed by atoms with Crippen LogP contribution in [0.1, 0.15) is 58.4 Å². The van der Waals surface area contributed by atoms with Gasteiger partial charge in [-0.1, -0.05) is 29.3 Å². The Hall–Kier alpha value is -1.46. The monoisotopic (exact) mass is 426 g/mol. The van der Waals surface area contributed by atoms with Crippen LogP contribution in [0.3, 0.4) is 0 Å². The van der Waals surface area contributed by atoms with Crippen LogP contribution in [0.5, 0.6) is 0 Å². The molecular formula is C21H28Cl2N2O3. The highest BCUT2D eigenvalue weighted by Gasteiger charge is 2.41. The Morgan fingerprint density at radius 3 is 2.50 bits per heavy atom. The van der Waals surface area contributed by atoms with E-state index in [1.807, 2.05) is 31.7 Å². The SMILES string of the molecule is CC(C)(C)OC(=O)N1CCCCC1C(=O)N(Cc1ccc(Cl)cc1Cl)C1CC1. The van der Waals surface area contributed by atoms with Crippen LogP contribution in [-0.4, -0.2) is 46.0 Å². The first-order valence-corrected chi connectivity index (χ1v) is 10.7. The van der Waals surface area contributed by atoms with Crippen LogP contribution in [-0.2, 0) is 16.1 Å². The van der Waals surface area contributed by atoms with Gasteiger partial charge >= 0.3 is 6.09 Å². The van der Waals surface area contributed by atoms with Gasteiger partial charge in [0.15, 0.2) is 0 Å². The average molecular weight is 427 g/mol. The molecule has 0 N–H and O–H groups in total. The van der Waals surface area contributed by atoms with Gasteiger partial charge in [-0.25, -0.2) is 4.79 Å². The van der Waals surface area contributed by atoms with E-state index >= 15 is 0 Å². The van der Waals surface area contributed by atoms with E-state index in [-0.39, 0.29) is 11.9 Å². The fraction of sp³-hybridized carbons (Fsp3) is 0.619. The molecule has 1 saturated carbocycles. The van der Waals surface area contributed by atoms with Gasteiger partial charge in [-0.15, -0.1) is 0 Å². The molecule has 0 radical (unpaired) electrons. The Labute approximate surface area is 176 Å². The number of carbonyl (C=O) groups is 2. The maximum Gasteiger partial charge on any atom is 0.410 e. The average Bonchev–Trinajstić information content (AvgIpc) is 3.44. The Bertz CT molecular complexity index is 744. The number of amides is 2. The smallest absolute Gasteiger partial charge is 0.410 e. The molecule has 1 atom stereocenters. The van der Waals surface area contributed by atoms with Crippen molar-refractivity contribution in [2.24, 2.45) is 0 Å². The summed E-state index contributed by atoms with van der Waals surface area (Å²) in [6.07, 6.45) is 4.03. The minimum absolute atomic E-state index is 0.0147. The predicted octanol–water partition coefficient (Wildman–Crippen LogP) is 5.27. The van der Waals surface area contributed by atoms with E-state index in [1.54, 1.807) is 17.0 Å². The summed E-state index contributed by atoms with van der Waals surface area (Å²) in [4.78, 5) is 29.6. The molecule has 3 rings (SSSR count). The van der Waals surface area contributed by atoms with E-state index in [2.05, 4.69) is 0 Å². The first-order valence-electron chi connectivity index (χ1n) is 9.90. The minimum atomic E-state index is -0.588. The van der Waals surface area contributed by atoms with Gasteiger partial charge in [0.05, 0.1) is 0 Å². The van der Waals surface area contributed by atoms with Gasteiger partial charge < -0.3 is 9.64 Å². The van der Waals surface area contributed by atoms with Crippen molar-refractivity contribution < 1.29 is 14.3 Å². The van der Waals surface area contributed by atoms with Crippen LogP contribution in [0.4, 0.5) is 4.79 Å². The largest absolute Gasteiger partial charge is 0.444 e. The van der Waals surface area contributed by atoms with E-state index in [0.717, 1.165) is 31.2 Å². The minimum Gasteiger partial charge on any atom is -0.444 e. The topological polar surface area (TPSA) is 49.9 Å². The third-order valence-electron chi connectivity index (χ3n) is 5.04. The van der Waals surface area contributed by atoms with Gasteiger partial charge in [-0.05, 0) is 70.6 Å². The summed E-state index contributed by atoms with van der Waals surface area (Å²) in [5.74, 6) is -0.0147. The Balaban J connectivity index is 1.78. The molecule has 7 heteroatoms. The number of hydrogen-bond donors (Lipinski definition) is 0. The van der Waals surface area contributed by atoms with Crippen molar-refractivity contribution in [1.29, 1.82) is 0 Å². The quantitative estimate of drug-likeness (QED) is 0.658. The van der Waals surface area contributed by atoms with Crippen LogP contribution in [0, 0.1) is 0 Å². The number of ether oxygens (including phenoxy) is 1. The summed E-state index contributed by atoms with van der Waals surface area (Å²) in [5.41, 5.74) is 0.278. The van der Waals surface area contributed by atoms with E-state index in [1.165, 1.54) is 0 Å². The van der Waals surface area contributed by atoms with Crippen molar-refractivity contribution in [2.45, 2.75) is 77.1 Å². The van der Waals surface area contributed by atoms with Crippen molar-refractivity contribution in [3.05, 3.63) is 33.8 Å². The molecule has 154 valence electrons. The summed E-state index contributed by atoms with van der Waals surface area (Å²) < 4.78 is 5.54. The lowest BCUT2D eigenvalue weighted by molar-refractivity contribution is -0.139. The molecule has 1 aliphatic heterocycles. The Morgan fingerprint density at radius 2 is 1.89 bits per heavy atom. The molecule has 0 spiro atoms. The number of likely N-dealkylation sites (tertiary alicyclic amines) is 1. The fourth-order valence-electron chi connectivity index (χ4n) is 3.53. The molecule has 28 heavy (non-hydrogen) atoms. The van der Waals surface area contributed by atoms with Crippen molar-refractivity contribution in [3.63, 3.8) is 0 Å². The Kier molecular flexibility index (Phi) is 6.45. The summed E-state index contributed by atoms with van der Waals surface area (Å²) in [7, 11) is 0. The second-order valence-electron chi connectivity index (χ2n) is 8.62. The van der Waals surface area contributed by atoms with Gasteiger partial charge in [-0.2, -0.15) is 0 Å². The first-order chi connectivity index (χ1) is 13.2. The third kappa shape index (κ3) is 5.32. The van der Waals surface area contributed by atoms with Crippen molar-refractivity contribution in [3.8, 4) is 0 Å². The highest BCUT2D eigenvalue weighted by molar-refractivity contribution is 6.35. The highest BCUT2D eigenvalue weighted by atomic mass is 35.5. The molecule has 0 aromatic heterocycles. The second-order valence-corrected chi connectivity index (χ2v) is 9.46. The van der Waals surface area contributed by atoms with Crippen molar-refractivity contribution >= 4 is 35.2 Å². The first kappa shape index (κ1) is 21.3. The zero-order valence-electron chi connectivity index (χ0n) is 16.7. The van der Waals surface area contributed by atoms with Crippen LogP contribution >= 0.6 is 23.2 Å². The molecule has 1 unspecified atom stereocenters. The maximum atomic E-state index is 13.5. The summed E-state index contributed by atoms with van der Waals surface area (Å²) >= 11 is 12.3. The molecule has 2 amide bonds. The molecule has 1 saturated heterocycles. The standard InChI is InChI=1S/C21H28Cl2N2O3/c1-21(2,3)28-20(27)24-11-5-4-6-18(24)19(26)25(16-9-10-16)13-14-7-8-15(22)12-17(14)23/h7-8,12,16,18H,4-6,9-11,13H2,1-3H3. The number of benzene rings is 1. The van der Waals surface area contributed by atoms with Crippen molar-refractivity contribution in [1.82, 2.24) is 9.80 Å². The lowest BCUT2D eigenvalue weighted by Crippen LogP contribution is -2.54. The maximum absolute atomic E-state index is 13.5. The van der Waals surface area contributed by atoms with E-state index in [9.17, 15) is 9.59 Å². The van der Waals surface area contributed by atoms with Gasteiger partial charge in [-0.3, -0.25) is 9.69 Å². The lowest BCUT2D eigenvalue weighted by Gasteiger charge is -2.38. The summed E-state index contributed by atoms with van der Waals surface area (Å²) in [6.45, 7) is 6.49. The predicted molar refractivity (Wildman–Crippen MR) is 111 cm³/mol. The lowest BCUT2D eigenvalue weighted by atomic mass is 10.0. The summed E-state index contributed by atoms with van der Waals surface area (Å²) in [6, 6.07) is 5.07. The summed E-state index contributed by atoms with van der Waals surface area (Å²) in [5, 5.41) is 1.13. The van der Waals surface area contributed by atoms with E-state index in [0.29, 0.717) is 29.6 Å². The van der Waals surface area contributed by atoms with Crippen LogP contribution in [0.25, 0.3) is 0 Å². The van der Waals surface area contributed by atoms with Crippen LogP contribution < -0.4 is 0 Å². The molecular weight excluding hydrogens is 399 g/mol. The van der Waals surface area contributed by atoms with Gasteiger partial charge in [0.2, 0.25) is 5.91 Å². The van der Waals surface area contributed by atoms with Gasteiger partial charge in [0.1, 0.15) is 11.6 Å². The van der Waals surface area contributed by atoms with Crippen LogP contribution in [0.2, 0.25) is 10.0 Å². The van der Waals surface area contributed by atoms with E-state index < -0.39 is 17.7 Å². The molecule has 1 aromatic rings. The van der Waals surface area contributed by atoms with Gasteiger partial charge in [0, 0.05) is 29.2 Å². The molecule has 1 aromatic carbocycles. The number of halogens is 2. The normalized spacial score (nSPS) is 20.0. The Morgan fingerprint density at radius 1 is 1.18 bits per heavy atom. The number of rotatable bonds is 4. The van der Waals surface area contributed by atoms with Crippen molar-refractivity contribution in [2.75, 3.05) is 6.54 Å². The molecule has 2 aliphatic rings. The number of nitrogens with zero attached hydrogens (tertiary/aromatic N) is 2. The zero-order chi connectivity index (χ0) is 20.5. The van der Waals surface area contributed by atoms with Crippen LogP contribution in [0.15, 0.2) is 18.2 Å². The number of piperidine rings is 1. The fourth-order valence-corrected chi connectivity index (χ4v) is 3.99.